The molecule has 0 N–H and O–H groups in total. The Kier molecular flexibility index (Phi) is 4.56. The van der Waals surface area contributed by atoms with Gasteiger partial charge in [0.15, 0.2) is 9.84 Å². The lowest BCUT2D eigenvalue weighted by Crippen LogP contribution is -2.52. The van der Waals surface area contributed by atoms with Gasteiger partial charge in [0.25, 0.3) is 10.0 Å². The van der Waals surface area contributed by atoms with Crippen LogP contribution in [0.3, 0.4) is 0 Å². The number of thiophene rings is 1. The number of halogens is 1. The molecule has 3 rings (SSSR count). The van der Waals surface area contributed by atoms with E-state index >= 15 is 0 Å². The molecule has 2 aliphatic rings. The van der Waals surface area contributed by atoms with Gasteiger partial charge in [-0.15, -0.1) is 11.3 Å². The van der Waals surface area contributed by atoms with Gasteiger partial charge in [-0.25, -0.2) is 16.8 Å². The Labute approximate surface area is 139 Å². The van der Waals surface area contributed by atoms with E-state index in [9.17, 15) is 16.8 Å². The molecule has 2 fully saturated rings. The molecule has 0 spiro atoms. The van der Waals surface area contributed by atoms with E-state index in [2.05, 4.69) is 4.90 Å². The molecule has 6 nitrogen and oxygen atoms in total. The van der Waals surface area contributed by atoms with E-state index in [1.54, 1.807) is 6.07 Å². The third kappa shape index (κ3) is 3.34. The van der Waals surface area contributed by atoms with Crippen LogP contribution in [0, 0.1) is 0 Å². The Hall–Kier alpha value is -0.190. The zero-order valence-electron chi connectivity index (χ0n) is 11.8. The lowest BCUT2D eigenvalue weighted by Gasteiger charge is -2.36. The van der Waals surface area contributed by atoms with Crippen LogP contribution in [0.2, 0.25) is 4.34 Å². The normalized spacial score (nSPS) is 27.2. The molecule has 10 heteroatoms. The SMILES string of the molecule is O=S1(=O)CCC(N2CCN(S(=O)(=O)c3ccc(Cl)s3)CC2)C1. The van der Waals surface area contributed by atoms with Gasteiger partial charge in [0.1, 0.15) is 4.21 Å². The molecule has 0 aromatic carbocycles. The first-order chi connectivity index (χ1) is 10.3. The maximum Gasteiger partial charge on any atom is 0.252 e. The van der Waals surface area contributed by atoms with Crippen molar-refractivity contribution in [2.45, 2.75) is 16.7 Å². The Balaban J connectivity index is 1.65. The summed E-state index contributed by atoms with van der Waals surface area (Å²) in [7, 11) is -6.40. The average molecular weight is 385 g/mol. The Morgan fingerprint density at radius 2 is 1.86 bits per heavy atom. The highest BCUT2D eigenvalue weighted by Crippen LogP contribution is 2.29. The zero-order valence-corrected chi connectivity index (χ0v) is 15.0. The first kappa shape index (κ1) is 16.7. The molecule has 3 heterocycles. The smallest absolute Gasteiger partial charge is 0.252 e. The van der Waals surface area contributed by atoms with Crippen LogP contribution >= 0.6 is 22.9 Å². The fourth-order valence-electron chi connectivity index (χ4n) is 2.94. The first-order valence-electron chi connectivity index (χ1n) is 6.98. The second-order valence-electron chi connectivity index (χ2n) is 5.56. The van der Waals surface area contributed by atoms with Crippen molar-refractivity contribution in [3.8, 4) is 0 Å². The molecule has 0 bridgehead atoms. The van der Waals surface area contributed by atoms with Crippen molar-refractivity contribution in [3.63, 3.8) is 0 Å². The highest BCUT2D eigenvalue weighted by Gasteiger charge is 2.36. The summed E-state index contributed by atoms with van der Waals surface area (Å²) in [6.45, 7) is 1.90. The van der Waals surface area contributed by atoms with Gasteiger partial charge in [-0.05, 0) is 18.6 Å². The molecule has 0 saturated carbocycles. The topological polar surface area (TPSA) is 74.8 Å². The van der Waals surface area contributed by atoms with Crippen molar-refractivity contribution in [2.24, 2.45) is 0 Å². The molecular formula is C12H17ClN2O4S3. The van der Waals surface area contributed by atoms with E-state index in [4.69, 9.17) is 11.6 Å². The number of rotatable bonds is 3. The monoisotopic (exact) mass is 384 g/mol. The third-order valence-corrected chi connectivity index (χ3v) is 9.49. The van der Waals surface area contributed by atoms with E-state index in [0.29, 0.717) is 36.9 Å². The van der Waals surface area contributed by atoms with Gasteiger partial charge in [0.2, 0.25) is 0 Å². The number of sulfonamides is 1. The predicted octanol–water partition coefficient (Wildman–Crippen LogP) is 0.895. The van der Waals surface area contributed by atoms with Crippen LogP contribution < -0.4 is 0 Å². The summed E-state index contributed by atoms with van der Waals surface area (Å²) in [4.78, 5) is 2.10. The van der Waals surface area contributed by atoms with Crippen molar-refractivity contribution < 1.29 is 16.8 Å². The second kappa shape index (κ2) is 6.03. The van der Waals surface area contributed by atoms with Crippen LogP contribution in [0.4, 0.5) is 0 Å². The van der Waals surface area contributed by atoms with Gasteiger partial charge < -0.3 is 0 Å². The minimum Gasteiger partial charge on any atom is -0.297 e. The largest absolute Gasteiger partial charge is 0.297 e. The van der Waals surface area contributed by atoms with E-state index in [-0.39, 0.29) is 21.8 Å². The fourth-order valence-corrected chi connectivity index (χ4v) is 7.76. The van der Waals surface area contributed by atoms with E-state index < -0.39 is 19.9 Å². The quantitative estimate of drug-likeness (QED) is 0.773. The molecular weight excluding hydrogens is 368 g/mol. The maximum atomic E-state index is 12.5. The van der Waals surface area contributed by atoms with Crippen LogP contribution in [-0.4, -0.2) is 69.8 Å². The molecule has 1 unspecified atom stereocenters. The minimum atomic E-state index is -3.49. The Morgan fingerprint density at radius 3 is 2.36 bits per heavy atom. The number of hydrogen-bond donors (Lipinski definition) is 0. The standard InChI is InChI=1S/C12H17ClN2O4S3/c13-11-1-2-12(20-11)22(18,19)15-6-4-14(5-7-15)10-3-8-21(16,17)9-10/h1-2,10H,3-9H2. The molecule has 22 heavy (non-hydrogen) atoms. The molecule has 0 aliphatic carbocycles. The summed E-state index contributed by atoms with van der Waals surface area (Å²) in [5.74, 6) is 0.435. The minimum absolute atomic E-state index is 0.0334. The highest BCUT2D eigenvalue weighted by atomic mass is 35.5. The fraction of sp³-hybridized carbons (Fsp3) is 0.667. The highest BCUT2D eigenvalue weighted by molar-refractivity contribution is 7.91. The average Bonchev–Trinajstić information content (AvgIpc) is 3.05. The van der Waals surface area contributed by atoms with Crippen molar-refractivity contribution in [1.29, 1.82) is 0 Å². The summed E-state index contributed by atoms with van der Waals surface area (Å²) < 4.78 is 50.3. The second-order valence-corrected chi connectivity index (χ2v) is 11.7. The molecule has 2 saturated heterocycles. The summed E-state index contributed by atoms with van der Waals surface area (Å²) in [5, 5.41) is 0. The predicted molar refractivity (Wildman–Crippen MR) is 86.7 cm³/mol. The van der Waals surface area contributed by atoms with Crippen LogP contribution in [0.1, 0.15) is 6.42 Å². The van der Waals surface area contributed by atoms with E-state index in [1.165, 1.54) is 10.4 Å². The van der Waals surface area contributed by atoms with Crippen molar-refractivity contribution >= 4 is 42.8 Å². The molecule has 1 atom stereocenters. The lowest BCUT2D eigenvalue weighted by atomic mass is 10.2. The van der Waals surface area contributed by atoms with E-state index in [0.717, 1.165) is 11.3 Å². The van der Waals surface area contributed by atoms with Crippen LogP contribution in [0.15, 0.2) is 16.3 Å². The van der Waals surface area contributed by atoms with Gasteiger partial charge in [0, 0.05) is 32.2 Å². The summed E-state index contributed by atoms with van der Waals surface area (Å²) in [5.41, 5.74) is 0. The Morgan fingerprint density at radius 1 is 1.18 bits per heavy atom. The van der Waals surface area contributed by atoms with Gasteiger partial charge in [0.05, 0.1) is 15.8 Å². The molecule has 1 aromatic heterocycles. The van der Waals surface area contributed by atoms with Crippen LogP contribution in [0.5, 0.6) is 0 Å². The Bertz CT molecular complexity index is 751. The van der Waals surface area contributed by atoms with Gasteiger partial charge in [-0.2, -0.15) is 4.31 Å². The maximum absolute atomic E-state index is 12.5. The van der Waals surface area contributed by atoms with Gasteiger partial charge in [-0.3, -0.25) is 4.90 Å². The molecule has 0 amide bonds. The molecule has 2 aliphatic heterocycles. The van der Waals surface area contributed by atoms with Gasteiger partial charge in [-0.1, -0.05) is 11.6 Å². The molecule has 124 valence electrons. The first-order valence-corrected chi connectivity index (χ1v) is 11.4. The summed E-state index contributed by atoms with van der Waals surface area (Å²) in [6.07, 6.45) is 0.648. The molecule has 0 radical (unpaired) electrons. The number of hydrogen-bond acceptors (Lipinski definition) is 6. The third-order valence-electron chi connectivity index (χ3n) is 4.14. The van der Waals surface area contributed by atoms with E-state index in [1.807, 2.05) is 0 Å². The number of piperazine rings is 1. The van der Waals surface area contributed by atoms with Crippen molar-refractivity contribution in [1.82, 2.24) is 9.21 Å². The number of sulfone groups is 1. The van der Waals surface area contributed by atoms with Crippen molar-refractivity contribution in [2.75, 3.05) is 37.7 Å². The summed E-state index contributed by atoms with van der Waals surface area (Å²) >= 11 is 6.87. The summed E-state index contributed by atoms with van der Waals surface area (Å²) in [6, 6.07) is 3.14. The molecule has 1 aromatic rings. The van der Waals surface area contributed by atoms with Crippen molar-refractivity contribution in [3.05, 3.63) is 16.5 Å². The lowest BCUT2D eigenvalue weighted by molar-refractivity contribution is 0.148. The zero-order chi connectivity index (χ0) is 16.0. The van der Waals surface area contributed by atoms with Crippen LogP contribution in [-0.2, 0) is 19.9 Å². The van der Waals surface area contributed by atoms with Crippen LogP contribution in [0.25, 0.3) is 0 Å². The number of nitrogens with zero attached hydrogens (tertiary/aromatic N) is 2. The van der Waals surface area contributed by atoms with Gasteiger partial charge >= 0.3 is 0 Å².